The molecule has 1 atom stereocenters. The molecule has 0 aromatic heterocycles. The maximum Gasteiger partial charge on any atom is 0.260 e. The summed E-state index contributed by atoms with van der Waals surface area (Å²) < 4.78 is 35.8. The highest BCUT2D eigenvalue weighted by Crippen LogP contribution is 2.38. The third kappa shape index (κ3) is 3.12. The van der Waals surface area contributed by atoms with Gasteiger partial charge in [0.25, 0.3) is 11.8 Å². The molecular weight excluding hydrogens is 374 g/mol. The summed E-state index contributed by atoms with van der Waals surface area (Å²) >= 11 is 0. The van der Waals surface area contributed by atoms with Crippen molar-refractivity contribution in [3.8, 4) is 11.5 Å². The number of carbonyl (C=O) groups excluding carboxylic acids is 2. The van der Waals surface area contributed by atoms with Gasteiger partial charge in [-0.2, -0.15) is 0 Å². The molecule has 27 heavy (non-hydrogen) atoms. The van der Waals surface area contributed by atoms with Gasteiger partial charge in [0.1, 0.15) is 11.5 Å². The monoisotopic (exact) mass is 395 g/mol. The molecule has 3 aliphatic rings. The lowest BCUT2D eigenvalue weighted by molar-refractivity contribution is 0.0283. The van der Waals surface area contributed by atoms with Gasteiger partial charge in [-0.15, -0.1) is 0 Å². The minimum atomic E-state index is -3.32. The van der Waals surface area contributed by atoms with Crippen LogP contribution in [0.2, 0.25) is 0 Å². The van der Waals surface area contributed by atoms with Crippen molar-refractivity contribution >= 4 is 21.8 Å². The van der Waals surface area contributed by atoms with Gasteiger partial charge in [-0.25, -0.2) is 12.7 Å². The number of ether oxygens (including phenoxy) is 2. The number of likely N-dealkylation sites (N-methyl/N-ethyl adjacent to an activating group) is 1. The Kier molecular flexibility index (Phi) is 4.26. The highest BCUT2D eigenvalue weighted by atomic mass is 32.2. The Labute approximate surface area is 157 Å². The molecule has 1 aromatic rings. The summed E-state index contributed by atoms with van der Waals surface area (Å²) in [6.45, 7) is 1.04. The summed E-state index contributed by atoms with van der Waals surface area (Å²) in [5.41, 5.74) is 0.728. The van der Waals surface area contributed by atoms with Gasteiger partial charge in [0.05, 0.1) is 17.4 Å². The highest BCUT2D eigenvalue weighted by Gasteiger charge is 2.39. The fraction of sp³-hybridized carbons (Fsp3) is 0.529. The molecule has 0 saturated carbocycles. The molecule has 3 heterocycles. The zero-order valence-electron chi connectivity index (χ0n) is 15.2. The van der Waals surface area contributed by atoms with E-state index < -0.39 is 10.0 Å². The molecule has 1 fully saturated rings. The quantitative estimate of drug-likeness (QED) is 0.729. The third-order valence-electron chi connectivity index (χ3n) is 5.18. The van der Waals surface area contributed by atoms with Crippen LogP contribution < -0.4 is 9.47 Å². The summed E-state index contributed by atoms with van der Waals surface area (Å²) in [5, 5.41) is 0. The number of carbonyl (C=O) groups is 2. The first kappa shape index (κ1) is 18.1. The van der Waals surface area contributed by atoms with Crippen LogP contribution in [-0.4, -0.2) is 80.2 Å². The summed E-state index contributed by atoms with van der Waals surface area (Å²) in [6, 6.07) is 3.13. The number of nitrogens with zero attached hydrogens (tertiary/aromatic N) is 3. The van der Waals surface area contributed by atoms with Crippen molar-refractivity contribution in [2.24, 2.45) is 0 Å². The second-order valence-electron chi connectivity index (χ2n) is 6.98. The van der Waals surface area contributed by atoms with Crippen molar-refractivity contribution in [3.63, 3.8) is 0 Å². The van der Waals surface area contributed by atoms with Gasteiger partial charge in [-0.3, -0.25) is 9.59 Å². The SMILES string of the molecule is CN(CCN1COc2cc3c(cc2C1=O)OC1CCCN1C3=O)S(C)(=O)=O. The smallest absolute Gasteiger partial charge is 0.260 e. The number of rotatable bonds is 4. The van der Waals surface area contributed by atoms with E-state index in [1.807, 2.05) is 0 Å². The van der Waals surface area contributed by atoms with Crippen molar-refractivity contribution in [1.82, 2.24) is 14.1 Å². The molecule has 3 aliphatic heterocycles. The van der Waals surface area contributed by atoms with Crippen molar-refractivity contribution in [3.05, 3.63) is 23.3 Å². The van der Waals surface area contributed by atoms with E-state index >= 15 is 0 Å². The van der Waals surface area contributed by atoms with Gasteiger partial charge < -0.3 is 19.3 Å². The van der Waals surface area contributed by atoms with E-state index in [0.717, 1.165) is 19.1 Å². The topological polar surface area (TPSA) is 96.5 Å². The van der Waals surface area contributed by atoms with Crippen molar-refractivity contribution in [2.75, 3.05) is 39.7 Å². The van der Waals surface area contributed by atoms with E-state index in [1.165, 1.54) is 16.3 Å². The molecule has 2 amide bonds. The predicted octanol–water partition coefficient (Wildman–Crippen LogP) is 0.325. The summed E-state index contributed by atoms with van der Waals surface area (Å²) in [4.78, 5) is 28.6. The molecule has 9 nitrogen and oxygen atoms in total. The number of sulfonamides is 1. The molecule has 0 radical (unpaired) electrons. The van der Waals surface area contributed by atoms with E-state index in [4.69, 9.17) is 9.47 Å². The summed E-state index contributed by atoms with van der Waals surface area (Å²) in [5.74, 6) is 0.371. The number of fused-ring (bicyclic) bond motifs is 3. The van der Waals surface area contributed by atoms with Gasteiger partial charge in [-0.1, -0.05) is 0 Å². The van der Waals surface area contributed by atoms with Crippen molar-refractivity contribution in [1.29, 1.82) is 0 Å². The zero-order valence-corrected chi connectivity index (χ0v) is 16.0. The minimum absolute atomic E-state index is 0.00358. The molecular formula is C17H21N3O6S. The molecule has 146 valence electrons. The van der Waals surface area contributed by atoms with Gasteiger partial charge in [0, 0.05) is 33.1 Å². The van der Waals surface area contributed by atoms with Crippen LogP contribution in [0.3, 0.4) is 0 Å². The van der Waals surface area contributed by atoms with E-state index in [0.29, 0.717) is 29.2 Å². The summed E-state index contributed by atoms with van der Waals surface area (Å²) in [6.07, 6.45) is 2.50. The molecule has 1 aromatic carbocycles. The van der Waals surface area contributed by atoms with Gasteiger partial charge in [0.15, 0.2) is 13.0 Å². The van der Waals surface area contributed by atoms with Crippen molar-refractivity contribution < 1.29 is 27.5 Å². The Morgan fingerprint density at radius 2 is 1.89 bits per heavy atom. The highest BCUT2D eigenvalue weighted by molar-refractivity contribution is 7.88. The Bertz CT molecular complexity index is 915. The normalized spacial score (nSPS) is 21.5. The molecule has 10 heteroatoms. The second kappa shape index (κ2) is 6.38. The minimum Gasteiger partial charge on any atom is -0.472 e. The van der Waals surface area contributed by atoms with Gasteiger partial charge in [-0.05, 0) is 18.6 Å². The average molecular weight is 395 g/mol. The molecule has 0 N–H and O–H groups in total. The standard InChI is InChI=1S/C17H21N3O6S/c1-18(27(2,23)24)6-7-19-10-25-13-8-12-14(9-11(13)16(19)21)26-15-4-3-5-20(15)17(12)22/h8-9,15H,3-7,10H2,1-2H3. The molecule has 4 rings (SSSR count). The lowest BCUT2D eigenvalue weighted by atomic mass is 10.0. The molecule has 0 aliphatic carbocycles. The largest absolute Gasteiger partial charge is 0.472 e. The van der Waals surface area contributed by atoms with Crippen molar-refractivity contribution in [2.45, 2.75) is 19.1 Å². The van der Waals surface area contributed by atoms with E-state index in [9.17, 15) is 18.0 Å². The first-order valence-corrected chi connectivity index (χ1v) is 10.6. The predicted molar refractivity (Wildman–Crippen MR) is 95.1 cm³/mol. The first-order chi connectivity index (χ1) is 12.8. The lowest BCUT2D eigenvalue weighted by Gasteiger charge is -2.34. The Hall–Kier alpha value is -2.33. The maximum atomic E-state index is 12.8. The van der Waals surface area contributed by atoms with Crippen LogP contribution in [0.5, 0.6) is 11.5 Å². The van der Waals surface area contributed by atoms with Crippen LogP contribution in [0.25, 0.3) is 0 Å². The first-order valence-electron chi connectivity index (χ1n) is 8.75. The molecule has 1 unspecified atom stereocenters. The third-order valence-corrected chi connectivity index (χ3v) is 6.49. The fourth-order valence-electron chi connectivity index (χ4n) is 3.47. The van der Waals surface area contributed by atoms with Crippen LogP contribution in [0.1, 0.15) is 33.6 Å². The Morgan fingerprint density at radius 1 is 1.19 bits per heavy atom. The average Bonchev–Trinajstić information content (AvgIpc) is 3.08. The summed E-state index contributed by atoms with van der Waals surface area (Å²) in [7, 11) is -1.86. The lowest BCUT2D eigenvalue weighted by Crippen LogP contribution is -2.45. The Balaban J connectivity index is 1.56. The second-order valence-corrected chi connectivity index (χ2v) is 9.07. The van der Waals surface area contributed by atoms with Crippen LogP contribution in [0, 0.1) is 0 Å². The van der Waals surface area contributed by atoms with Gasteiger partial charge in [0.2, 0.25) is 10.0 Å². The molecule has 1 saturated heterocycles. The van der Waals surface area contributed by atoms with Crippen LogP contribution >= 0.6 is 0 Å². The fourth-order valence-corrected chi connectivity index (χ4v) is 3.89. The van der Waals surface area contributed by atoms with Gasteiger partial charge >= 0.3 is 0 Å². The Morgan fingerprint density at radius 3 is 2.63 bits per heavy atom. The number of hydrogen-bond acceptors (Lipinski definition) is 6. The zero-order chi connectivity index (χ0) is 19.3. The van der Waals surface area contributed by atoms with E-state index in [1.54, 1.807) is 17.0 Å². The number of amides is 2. The van der Waals surface area contributed by atoms with Crippen LogP contribution in [0.4, 0.5) is 0 Å². The number of hydrogen-bond donors (Lipinski definition) is 0. The van der Waals surface area contributed by atoms with E-state index in [2.05, 4.69) is 0 Å². The maximum absolute atomic E-state index is 12.8. The van der Waals surface area contributed by atoms with Crippen LogP contribution in [-0.2, 0) is 10.0 Å². The molecule has 0 bridgehead atoms. The van der Waals surface area contributed by atoms with Crippen LogP contribution in [0.15, 0.2) is 12.1 Å². The number of benzene rings is 1. The van der Waals surface area contributed by atoms with E-state index in [-0.39, 0.29) is 37.9 Å². The molecule has 0 spiro atoms.